The Morgan fingerprint density at radius 3 is 0.694 bits per heavy atom. The van der Waals surface area contributed by atoms with E-state index in [0.29, 0.717) is 38.5 Å². The van der Waals surface area contributed by atoms with Crippen LogP contribution in [0.25, 0.3) is 0 Å². The van der Waals surface area contributed by atoms with Gasteiger partial charge in [-0.3, -0.25) is 0 Å². The van der Waals surface area contributed by atoms with Crippen molar-refractivity contribution >= 4 is 0 Å². The zero-order chi connectivity index (χ0) is 27.9. The van der Waals surface area contributed by atoms with Crippen LogP contribution in [-0.2, 0) is 0 Å². The Morgan fingerprint density at radius 2 is 0.583 bits per heavy atom. The Hall–Kier alpha value is -3.15. The summed E-state index contributed by atoms with van der Waals surface area (Å²) in [5.41, 5.74) is 3.13. The molecule has 0 fully saturated rings. The summed E-state index contributed by atoms with van der Waals surface area (Å²) in [5.74, 6) is 0. The molecule has 0 bridgehead atoms. The fourth-order valence-electron chi connectivity index (χ4n) is 4.71. The van der Waals surface area contributed by atoms with Crippen LogP contribution in [0.4, 0.5) is 0 Å². The normalized spacial score (nSPS) is 11.2. The van der Waals surface area contributed by atoms with Crippen LogP contribution in [0.3, 0.4) is 0 Å². The van der Waals surface area contributed by atoms with E-state index in [-0.39, 0.29) is 0 Å². The van der Waals surface area contributed by atoms with Gasteiger partial charge in [0.1, 0.15) is 0 Å². The summed E-state index contributed by atoms with van der Waals surface area (Å²) >= 11 is 0. The van der Waals surface area contributed by atoms with Crippen molar-refractivity contribution in [2.24, 2.45) is 0 Å². The van der Waals surface area contributed by atoms with Crippen molar-refractivity contribution in [2.45, 2.75) is 98.2 Å². The fraction of sp³-hybridized carbons (Fsp3) is 0.500. The van der Waals surface area contributed by atoms with Gasteiger partial charge < -0.3 is 0 Å². The van der Waals surface area contributed by atoms with Gasteiger partial charge in [-0.25, -0.2) is 28.1 Å². The molecule has 0 radical (unpaired) electrons. The van der Waals surface area contributed by atoms with E-state index < -0.39 is 35.2 Å². The molecule has 6 heteroatoms. The zero-order valence-electron chi connectivity index (χ0n) is 23.3. The lowest BCUT2D eigenvalue weighted by Gasteiger charge is -2.28. The van der Waals surface area contributed by atoms with E-state index in [2.05, 4.69) is 39.5 Å². The molecule has 0 saturated heterocycles. The van der Waals surface area contributed by atoms with Gasteiger partial charge >= 0.3 is 17.1 Å². The summed E-state index contributed by atoms with van der Waals surface area (Å²) in [6, 6.07) is -1.53. The van der Waals surface area contributed by atoms with Crippen molar-refractivity contribution in [1.29, 1.82) is 0 Å². The van der Waals surface area contributed by atoms with E-state index in [1.807, 2.05) is 41.5 Å². The summed E-state index contributed by atoms with van der Waals surface area (Å²) < 4.78 is 3.70. The van der Waals surface area contributed by atoms with Crippen molar-refractivity contribution in [3.8, 4) is 0 Å². The van der Waals surface area contributed by atoms with Gasteiger partial charge in [0.05, 0.1) is 18.1 Å². The zero-order valence-corrected chi connectivity index (χ0v) is 23.3. The summed E-state index contributed by atoms with van der Waals surface area (Å²) in [6.45, 7) is 35.2. The van der Waals surface area contributed by atoms with Gasteiger partial charge in [-0.05, 0) is 80.1 Å². The molecule has 1 rings (SSSR count). The minimum Gasteiger partial charge on any atom is -0.247 e. The topological polar surface area (TPSA) is 66.0 Å². The fourth-order valence-corrected chi connectivity index (χ4v) is 4.71. The van der Waals surface area contributed by atoms with Crippen molar-refractivity contribution in [3.63, 3.8) is 0 Å². The van der Waals surface area contributed by atoms with Crippen molar-refractivity contribution in [1.82, 2.24) is 13.7 Å². The average molecular weight is 496 g/mol. The summed E-state index contributed by atoms with van der Waals surface area (Å²) in [7, 11) is 0. The maximum absolute atomic E-state index is 14.0. The summed E-state index contributed by atoms with van der Waals surface area (Å²) in [5, 5.41) is 0. The molecule has 198 valence electrons. The second-order valence-corrected chi connectivity index (χ2v) is 10.9. The van der Waals surface area contributed by atoms with Crippen LogP contribution in [0.15, 0.2) is 87.3 Å². The van der Waals surface area contributed by atoms with E-state index >= 15 is 0 Å². The molecule has 6 nitrogen and oxygen atoms in total. The highest BCUT2D eigenvalue weighted by molar-refractivity contribution is 5.05. The number of allylic oxidation sites excluding steroid dienone is 6. The first-order chi connectivity index (χ1) is 16.6. The van der Waals surface area contributed by atoms with Crippen LogP contribution in [0.2, 0.25) is 0 Å². The third kappa shape index (κ3) is 8.51. The van der Waals surface area contributed by atoms with E-state index in [1.54, 1.807) is 0 Å². The molecular formula is C30H45N3O3. The lowest BCUT2D eigenvalue weighted by Crippen LogP contribution is -2.57. The van der Waals surface area contributed by atoms with Crippen LogP contribution in [-0.4, -0.2) is 13.7 Å². The average Bonchev–Trinajstić information content (AvgIpc) is 2.64. The summed E-state index contributed by atoms with van der Waals surface area (Å²) in [6.07, 6.45) is 2.49. The van der Waals surface area contributed by atoms with Crippen LogP contribution in [0.1, 0.15) is 98.2 Å². The minimum atomic E-state index is -0.620. The SMILES string of the molecule is C=C(C)CC(CC(=C)C)n1c(=O)n(C(CC(=C)C)CC(=C)C)c(=O)n(C(CC(=C)C)CC(=C)C)c1=O. The van der Waals surface area contributed by atoms with Crippen LogP contribution in [0, 0.1) is 0 Å². The highest BCUT2D eigenvalue weighted by atomic mass is 16.2. The van der Waals surface area contributed by atoms with E-state index in [9.17, 15) is 14.4 Å². The predicted octanol–water partition coefficient (Wildman–Crippen LogP) is 6.59. The van der Waals surface area contributed by atoms with Gasteiger partial charge in [0, 0.05) is 0 Å². The quantitative estimate of drug-likeness (QED) is 0.258. The Bertz CT molecular complexity index is 1000. The van der Waals surface area contributed by atoms with Gasteiger partial charge in [-0.15, -0.1) is 39.5 Å². The maximum Gasteiger partial charge on any atom is 0.336 e. The molecule has 0 N–H and O–H groups in total. The van der Waals surface area contributed by atoms with E-state index in [1.165, 1.54) is 13.7 Å². The van der Waals surface area contributed by atoms with Crippen LogP contribution >= 0.6 is 0 Å². The monoisotopic (exact) mass is 495 g/mol. The first-order valence-electron chi connectivity index (χ1n) is 12.4. The number of hydrogen-bond donors (Lipinski definition) is 0. The van der Waals surface area contributed by atoms with Gasteiger partial charge in [0.25, 0.3) is 0 Å². The number of nitrogens with zero attached hydrogens (tertiary/aromatic N) is 3. The third-order valence-electron chi connectivity index (χ3n) is 5.84. The van der Waals surface area contributed by atoms with Crippen molar-refractivity contribution in [2.75, 3.05) is 0 Å². The lowest BCUT2D eigenvalue weighted by molar-refractivity contribution is 0.322. The Labute approximate surface area is 216 Å². The van der Waals surface area contributed by atoms with Crippen molar-refractivity contribution < 1.29 is 0 Å². The first-order valence-corrected chi connectivity index (χ1v) is 12.4. The molecule has 0 amide bonds. The number of hydrogen-bond acceptors (Lipinski definition) is 3. The van der Waals surface area contributed by atoms with E-state index in [0.717, 1.165) is 33.4 Å². The Balaban J connectivity index is 4.25. The highest BCUT2D eigenvalue weighted by Gasteiger charge is 2.29. The largest absolute Gasteiger partial charge is 0.336 e. The van der Waals surface area contributed by atoms with Crippen LogP contribution in [0.5, 0.6) is 0 Å². The minimum absolute atomic E-state index is 0.414. The van der Waals surface area contributed by atoms with Gasteiger partial charge in [-0.2, -0.15) is 0 Å². The molecule has 1 aromatic rings. The third-order valence-corrected chi connectivity index (χ3v) is 5.84. The molecule has 0 spiro atoms. The number of rotatable bonds is 15. The maximum atomic E-state index is 14.0. The molecule has 0 aliphatic carbocycles. The van der Waals surface area contributed by atoms with Gasteiger partial charge in [0.2, 0.25) is 0 Å². The standard InChI is InChI=1S/C30H45N3O3/c1-19(2)13-25(14-20(3)4)31-28(34)32(26(15-21(5)6)16-22(7)8)30(36)33(29(31)35)27(17-23(9)10)18-24(11)12/h25-27H,1,3,5,7,9,11,13-18H2,2,4,6,8,10,12H3. The molecule has 0 saturated carbocycles. The second-order valence-electron chi connectivity index (χ2n) is 10.9. The molecule has 1 aromatic heterocycles. The Kier molecular flexibility index (Phi) is 11.4. The molecule has 0 aliphatic rings. The molecule has 0 aliphatic heterocycles. The van der Waals surface area contributed by atoms with Gasteiger partial charge in [0.15, 0.2) is 0 Å². The van der Waals surface area contributed by atoms with Gasteiger partial charge in [-0.1, -0.05) is 33.4 Å². The van der Waals surface area contributed by atoms with E-state index in [4.69, 9.17) is 0 Å². The van der Waals surface area contributed by atoms with Crippen LogP contribution < -0.4 is 17.1 Å². The lowest BCUT2D eigenvalue weighted by atomic mass is 10.00. The molecule has 0 aromatic carbocycles. The summed E-state index contributed by atoms with van der Waals surface area (Å²) in [4.78, 5) is 42.0. The molecular weight excluding hydrogens is 450 g/mol. The molecule has 1 heterocycles. The highest BCUT2D eigenvalue weighted by Crippen LogP contribution is 2.25. The molecule has 0 atom stereocenters. The predicted molar refractivity (Wildman–Crippen MR) is 153 cm³/mol. The second kappa shape index (κ2) is 13.2. The Morgan fingerprint density at radius 1 is 0.444 bits per heavy atom. The smallest absolute Gasteiger partial charge is 0.247 e. The molecule has 36 heavy (non-hydrogen) atoms. The van der Waals surface area contributed by atoms with Crippen molar-refractivity contribution in [3.05, 3.63) is 104 Å². The molecule has 0 unspecified atom stereocenters. The first kappa shape index (κ1) is 30.9. The number of aromatic nitrogens is 3.